The average Bonchev–Trinajstić information content (AvgIpc) is 3.44. The van der Waals surface area contributed by atoms with Crippen molar-refractivity contribution in [1.82, 2.24) is 29.4 Å². The first-order valence-corrected chi connectivity index (χ1v) is 9.81. The van der Waals surface area contributed by atoms with Gasteiger partial charge >= 0.3 is 0 Å². The van der Waals surface area contributed by atoms with Gasteiger partial charge in [0.2, 0.25) is 0 Å². The van der Waals surface area contributed by atoms with Gasteiger partial charge in [0.05, 0.1) is 12.0 Å². The van der Waals surface area contributed by atoms with E-state index in [0.29, 0.717) is 23.4 Å². The zero-order valence-electron chi connectivity index (χ0n) is 16.8. The van der Waals surface area contributed by atoms with E-state index in [1.165, 1.54) is 0 Å². The molecule has 3 heterocycles. The molecule has 0 radical (unpaired) electrons. The summed E-state index contributed by atoms with van der Waals surface area (Å²) < 4.78 is 3.68. The van der Waals surface area contributed by atoms with Crippen LogP contribution in [0.1, 0.15) is 21.7 Å². The summed E-state index contributed by atoms with van der Waals surface area (Å²) in [5.41, 5.74) is 4.76. The molecule has 0 aliphatic rings. The molecule has 0 spiro atoms. The molecular formula is C23H19N7O. The van der Waals surface area contributed by atoms with Gasteiger partial charge in [-0.25, -0.2) is 4.98 Å². The molecule has 152 valence electrons. The summed E-state index contributed by atoms with van der Waals surface area (Å²) in [6, 6.07) is 18.9. The van der Waals surface area contributed by atoms with Crippen LogP contribution in [0.2, 0.25) is 0 Å². The van der Waals surface area contributed by atoms with E-state index in [1.54, 1.807) is 17.0 Å². The molecule has 0 fully saturated rings. The van der Waals surface area contributed by atoms with Crippen molar-refractivity contribution in [3.05, 3.63) is 96.3 Å². The van der Waals surface area contributed by atoms with Gasteiger partial charge in [0.15, 0.2) is 11.5 Å². The van der Waals surface area contributed by atoms with Crippen molar-refractivity contribution >= 4 is 17.2 Å². The lowest BCUT2D eigenvalue weighted by atomic mass is 10.1. The Balaban J connectivity index is 1.32. The highest BCUT2D eigenvalue weighted by Crippen LogP contribution is 2.22. The fourth-order valence-corrected chi connectivity index (χ4v) is 3.36. The number of nitrogens with zero attached hydrogens (tertiary/aromatic N) is 6. The van der Waals surface area contributed by atoms with Crippen molar-refractivity contribution in [3.63, 3.8) is 0 Å². The minimum absolute atomic E-state index is 0.163. The average molecular weight is 409 g/mol. The second kappa shape index (κ2) is 7.83. The number of anilines is 1. The predicted octanol–water partition coefficient (Wildman–Crippen LogP) is 3.60. The molecule has 0 aliphatic carbocycles. The number of aromatic nitrogens is 6. The SMILES string of the molecule is Cc1nnc2ccc(-c3cccc(NC(=O)c4ccc(Cn5ccnc5)cc4)c3)nn12. The molecule has 0 saturated carbocycles. The Hall–Kier alpha value is -4.33. The zero-order valence-corrected chi connectivity index (χ0v) is 16.8. The third kappa shape index (κ3) is 3.91. The number of benzene rings is 2. The minimum Gasteiger partial charge on any atom is -0.333 e. The van der Waals surface area contributed by atoms with Crippen LogP contribution >= 0.6 is 0 Å². The number of fused-ring (bicyclic) bond motifs is 1. The summed E-state index contributed by atoms with van der Waals surface area (Å²) in [5, 5.41) is 15.7. The molecular weight excluding hydrogens is 390 g/mol. The summed E-state index contributed by atoms with van der Waals surface area (Å²) in [5.74, 6) is 0.558. The van der Waals surface area contributed by atoms with Gasteiger partial charge in [-0.3, -0.25) is 4.79 Å². The van der Waals surface area contributed by atoms with Crippen molar-refractivity contribution in [2.45, 2.75) is 13.5 Å². The number of carbonyl (C=O) groups excluding carboxylic acids is 1. The van der Waals surface area contributed by atoms with Crippen LogP contribution < -0.4 is 5.32 Å². The molecule has 1 N–H and O–H groups in total. The van der Waals surface area contributed by atoms with Crippen LogP contribution in [0.4, 0.5) is 5.69 Å². The first kappa shape index (κ1) is 18.7. The zero-order chi connectivity index (χ0) is 21.2. The van der Waals surface area contributed by atoms with Crippen molar-refractivity contribution in [2.75, 3.05) is 5.32 Å². The van der Waals surface area contributed by atoms with Crippen LogP contribution in [0.3, 0.4) is 0 Å². The molecule has 8 nitrogen and oxygen atoms in total. The summed E-state index contributed by atoms with van der Waals surface area (Å²) in [4.78, 5) is 16.8. The monoisotopic (exact) mass is 409 g/mol. The fourth-order valence-electron chi connectivity index (χ4n) is 3.36. The molecule has 0 atom stereocenters. The van der Waals surface area contributed by atoms with E-state index >= 15 is 0 Å². The third-order valence-corrected chi connectivity index (χ3v) is 4.98. The summed E-state index contributed by atoms with van der Waals surface area (Å²) >= 11 is 0. The van der Waals surface area contributed by atoms with Gasteiger partial charge in [-0.15, -0.1) is 10.2 Å². The quantitative estimate of drug-likeness (QED) is 0.479. The highest BCUT2D eigenvalue weighted by Gasteiger charge is 2.09. The normalized spacial score (nSPS) is 11.0. The minimum atomic E-state index is -0.163. The van der Waals surface area contributed by atoms with Crippen molar-refractivity contribution in [3.8, 4) is 11.3 Å². The Morgan fingerprint density at radius 1 is 1.03 bits per heavy atom. The lowest BCUT2D eigenvalue weighted by molar-refractivity contribution is 0.102. The van der Waals surface area contributed by atoms with E-state index in [9.17, 15) is 4.79 Å². The fraction of sp³-hybridized carbons (Fsp3) is 0.0870. The van der Waals surface area contributed by atoms with Gasteiger partial charge in [-0.1, -0.05) is 24.3 Å². The molecule has 31 heavy (non-hydrogen) atoms. The van der Waals surface area contributed by atoms with Gasteiger partial charge in [0.25, 0.3) is 5.91 Å². The maximum Gasteiger partial charge on any atom is 0.255 e. The second-order valence-corrected chi connectivity index (χ2v) is 7.20. The van der Waals surface area contributed by atoms with E-state index in [1.807, 2.05) is 78.4 Å². The lowest BCUT2D eigenvalue weighted by Crippen LogP contribution is -2.12. The maximum atomic E-state index is 12.7. The van der Waals surface area contributed by atoms with Crippen LogP contribution in [0.5, 0.6) is 0 Å². The summed E-state index contributed by atoms with van der Waals surface area (Å²) in [6.07, 6.45) is 5.42. The molecule has 5 rings (SSSR count). The number of hydrogen-bond acceptors (Lipinski definition) is 5. The van der Waals surface area contributed by atoms with Crippen molar-refractivity contribution in [2.24, 2.45) is 0 Å². The Labute approximate surface area is 178 Å². The van der Waals surface area contributed by atoms with Crippen LogP contribution in [0.15, 0.2) is 79.4 Å². The second-order valence-electron chi connectivity index (χ2n) is 7.20. The number of rotatable bonds is 5. The molecule has 5 aromatic rings. The standard InChI is InChI=1S/C23H19N7O/c1-16-26-27-22-10-9-21(28-30(16)22)19-3-2-4-20(13-19)25-23(31)18-7-5-17(6-8-18)14-29-12-11-24-15-29/h2-13,15H,14H2,1H3,(H,25,31). The lowest BCUT2D eigenvalue weighted by Gasteiger charge is -2.09. The number of aryl methyl sites for hydroxylation is 1. The Morgan fingerprint density at radius 2 is 1.90 bits per heavy atom. The van der Waals surface area contributed by atoms with Crippen LogP contribution in [-0.2, 0) is 6.54 Å². The van der Waals surface area contributed by atoms with Gasteiger partial charge < -0.3 is 9.88 Å². The smallest absolute Gasteiger partial charge is 0.255 e. The first-order chi connectivity index (χ1) is 15.2. The molecule has 0 aliphatic heterocycles. The third-order valence-electron chi connectivity index (χ3n) is 4.98. The van der Waals surface area contributed by atoms with E-state index in [-0.39, 0.29) is 5.91 Å². The first-order valence-electron chi connectivity index (χ1n) is 9.81. The Kier molecular flexibility index (Phi) is 4.72. The highest BCUT2D eigenvalue weighted by molar-refractivity contribution is 6.04. The van der Waals surface area contributed by atoms with Crippen LogP contribution in [0, 0.1) is 6.92 Å². The molecule has 0 saturated heterocycles. The van der Waals surface area contributed by atoms with Gasteiger partial charge in [-0.2, -0.15) is 9.61 Å². The number of carbonyl (C=O) groups is 1. The Morgan fingerprint density at radius 3 is 2.71 bits per heavy atom. The van der Waals surface area contributed by atoms with E-state index in [4.69, 9.17) is 0 Å². The summed E-state index contributed by atoms with van der Waals surface area (Å²) in [7, 11) is 0. The highest BCUT2D eigenvalue weighted by atomic mass is 16.1. The Bertz CT molecular complexity index is 1350. The number of imidazole rings is 1. The molecule has 0 bridgehead atoms. The number of nitrogens with one attached hydrogen (secondary N) is 1. The number of amides is 1. The number of hydrogen-bond donors (Lipinski definition) is 1. The van der Waals surface area contributed by atoms with Gasteiger partial charge in [0, 0.05) is 35.8 Å². The topological polar surface area (TPSA) is 90.0 Å². The maximum absolute atomic E-state index is 12.7. The van der Waals surface area contributed by atoms with Crippen LogP contribution in [0.25, 0.3) is 16.9 Å². The van der Waals surface area contributed by atoms with Gasteiger partial charge in [0.1, 0.15) is 0 Å². The van der Waals surface area contributed by atoms with Gasteiger partial charge in [-0.05, 0) is 48.9 Å². The van der Waals surface area contributed by atoms with E-state index < -0.39 is 0 Å². The van der Waals surface area contributed by atoms with Crippen LogP contribution in [-0.4, -0.2) is 35.3 Å². The molecule has 0 unspecified atom stereocenters. The van der Waals surface area contributed by atoms with E-state index in [2.05, 4.69) is 25.6 Å². The molecule has 2 aromatic carbocycles. The van der Waals surface area contributed by atoms with Crippen molar-refractivity contribution < 1.29 is 4.79 Å². The largest absolute Gasteiger partial charge is 0.333 e. The molecule has 1 amide bonds. The van der Waals surface area contributed by atoms with Crippen molar-refractivity contribution in [1.29, 1.82) is 0 Å². The predicted molar refractivity (Wildman–Crippen MR) is 117 cm³/mol. The van der Waals surface area contributed by atoms with E-state index in [0.717, 1.165) is 22.6 Å². The molecule has 8 heteroatoms. The summed E-state index contributed by atoms with van der Waals surface area (Å²) in [6.45, 7) is 2.57. The molecule has 3 aromatic heterocycles.